The third kappa shape index (κ3) is 5.58. The van der Waals surface area contributed by atoms with Gasteiger partial charge in [0.15, 0.2) is 5.82 Å². The average Bonchev–Trinajstić information content (AvgIpc) is 3.90. The first kappa shape index (κ1) is 36.6. The van der Waals surface area contributed by atoms with Gasteiger partial charge in [-0.15, -0.1) is 0 Å². The summed E-state index contributed by atoms with van der Waals surface area (Å²) in [7, 11) is 0. The Morgan fingerprint density at radius 3 is 1.79 bits per heavy atom. The molecule has 0 aliphatic carbocycles. The van der Waals surface area contributed by atoms with E-state index in [0.717, 1.165) is 49.7 Å². The van der Waals surface area contributed by atoms with Gasteiger partial charge in [-0.05, 0) is 92.7 Å². The second-order valence-corrected chi connectivity index (χ2v) is 17.4. The molecule has 3 heterocycles. The highest BCUT2D eigenvalue weighted by Gasteiger charge is 2.22. The Bertz CT molecular complexity index is 4270. The van der Waals surface area contributed by atoms with Gasteiger partial charge in [-0.1, -0.05) is 176 Å². The van der Waals surface area contributed by atoms with Crippen LogP contribution in [0.3, 0.4) is 0 Å². The van der Waals surface area contributed by atoms with Crippen molar-refractivity contribution in [2.24, 2.45) is 0 Å². The Balaban J connectivity index is 0.949. The van der Waals surface area contributed by atoms with Gasteiger partial charge >= 0.3 is 0 Å². The van der Waals surface area contributed by atoms with Crippen LogP contribution in [0.15, 0.2) is 231 Å². The summed E-state index contributed by atoms with van der Waals surface area (Å²) in [5, 5.41) is 13.2. The van der Waals surface area contributed by atoms with Gasteiger partial charge in [0.05, 0.1) is 39.0 Å². The van der Waals surface area contributed by atoms with Gasteiger partial charge in [0.25, 0.3) is 0 Å². The van der Waals surface area contributed by atoms with Crippen LogP contribution in [-0.2, 0) is 0 Å². The van der Waals surface area contributed by atoms with Gasteiger partial charge in [-0.2, -0.15) is 0 Å². The number of benzene rings is 11. The minimum absolute atomic E-state index is 0.714. The van der Waals surface area contributed by atoms with E-state index in [9.17, 15) is 0 Å². The van der Waals surface area contributed by atoms with Crippen LogP contribution in [0.4, 0.5) is 0 Å². The molecule has 0 saturated carbocycles. The number of rotatable bonds is 5. The monoisotopic (exact) mass is 838 g/mol. The molecule has 14 rings (SSSR count). The van der Waals surface area contributed by atoms with Crippen molar-refractivity contribution in [1.29, 1.82) is 0 Å². The largest absolute Gasteiger partial charge is 0.309 e. The summed E-state index contributed by atoms with van der Waals surface area (Å²) in [6, 6.07) is 83.5. The van der Waals surface area contributed by atoms with E-state index >= 15 is 0 Å². The van der Waals surface area contributed by atoms with Crippen LogP contribution in [0.2, 0.25) is 0 Å². The third-order valence-corrected chi connectivity index (χ3v) is 13.6. The molecule has 0 aliphatic rings. The fraction of sp³-hybridized carbons (Fsp3) is 0. The summed E-state index contributed by atoms with van der Waals surface area (Å²) < 4.78 is 4.98. The number of aromatic nitrogens is 4. The van der Waals surface area contributed by atoms with Crippen LogP contribution in [0.1, 0.15) is 0 Å². The molecule has 14 aromatic rings. The van der Waals surface area contributed by atoms with E-state index in [2.05, 4.69) is 234 Å². The maximum Gasteiger partial charge on any atom is 0.160 e. The predicted molar refractivity (Wildman–Crippen MR) is 277 cm³/mol. The molecule has 3 aromatic heterocycles. The molecule has 0 bridgehead atoms. The Kier molecular flexibility index (Phi) is 7.95. The van der Waals surface area contributed by atoms with E-state index in [1.165, 1.54) is 76.5 Å². The van der Waals surface area contributed by atoms with Gasteiger partial charge in [0.2, 0.25) is 0 Å². The Hall–Kier alpha value is -8.86. The zero-order valence-electron chi connectivity index (χ0n) is 35.7. The van der Waals surface area contributed by atoms with E-state index in [-0.39, 0.29) is 0 Å². The highest BCUT2D eigenvalue weighted by atomic mass is 15.0. The quantitative estimate of drug-likeness (QED) is 0.173. The SMILES string of the molecule is c1ccc(-c2ccc(-c3nc(-c4ccc5cc(-n6c7cc8ccccc8cc7c7c(-n8c9ccccc9c9ccc%10ccccc%10c98)cccc76)ccc5c4)c4ccccc4n3)cc2)cc1. The maximum atomic E-state index is 5.27. The van der Waals surface area contributed by atoms with Crippen molar-refractivity contribution < 1.29 is 0 Å². The van der Waals surface area contributed by atoms with Crippen LogP contribution in [0.5, 0.6) is 0 Å². The summed E-state index contributed by atoms with van der Waals surface area (Å²) in [4.78, 5) is 10.3. The van der Waals surface area contributed by atoms with Gasteiger partial charge in [-0.3, -0.25) is 0 Å². The van der Waals surface area contributed by atoms with Gasteiger partial charge in [0.1, 0.15) is 0 Å². The summed E-state index contributed by atoms with van der Waals surface area (Å²) in [6.07, 6.45) is 0. The molecule has 0 amide bonds. The van der Waals surface area contributed by atoms with Crippen LogP contribution in [0, 0.1) is 0 Å². The molecule has 0 aliphatic heterocycles. The van der Waals surface area contributed by atoms with E-state index in [4.69, 9.17) is 9.97 Å². The first-order valence-electron chi connectivity index (χ1n) is 22.6. The fourth-order valence-corrected chi connectivity index (χ4v) is 10.6. The molecule has 0 radical (unpaired) electrons. The molecule has 4 nitrogen and oxygen atoms in total. The van der Waals surface area contributed by atoms with Crippen molar-refractivity contribution in [1.82, 2.24) is 19.1 Å². The van der Waals surface area contributed by atoms with Crippen LogP contribution >= 0.6 is 0 Å². The minimum atomic E-state index is 0.714. The lowest BCUT2D eigenvalue weighted by Crippen LogP contribution is -1.97. The lowest BCUT2D eigenvalue weighted by Gasteiger charge is -2.13. The number of fused-ring (bicyclic) bond motifs is 11. The molecule has 66 heavy (non-hydrogen) atoms. The zero-order valence-corrected chi connectivity index (χ0v) is 35.7. The molecule has 0 N–H and O–H groups in total. The average molecular weight is 839 g/mol. The number of nitrogens with zero attached hydrogens (tertiary/aromatic N) is 4. The van der Waals surface area contributed by atoms with E-state index in [0.29, 0.717) is 5.82 Å². The lowest BCUT2D eigenvalue weighted by molar-refractivity contribution is 1.18. The fourth-order valence-electron chi connectivity index (χ4n) is 10.6. The summed E-state index contributed by atoms with van der Waals surface area (Å²) in [5.41, 5.74) is 13.3. The second-order valence-electron chi connectivity index (χ2n) is 17.4. The zero-order chi connectivity index (χ0) is 43.3. The van der Waals surface area contributed by atoms with Crippen molar-refractivity contribution in [2.75, 3.05) is 0 Å². The highest BCUT2D eigenvalue weighted by Crippen LogP contribution is 2.43. The van der Waals surface area contributed by atoms with Crippen molar-refractivity contribution in [3.05, 3.63) is 231 Å². The van der Waals surface area contributed by atoms with E-state index in [1.54, 1.807) is 0 Å². The van der Waals surface area contributed by atoms with Crippen molar-refractivity contribution in [3.63, 3.8) is 0 Å². The van der Waals surface area contributed by atoms with Gasteiger partial charge in [0, 0.05) is 49.1 Å². The van der Waals surface area contributed by atoms with Crippen LogP contribution in [-0.4, -0.2) is 19.1 Å². The molecule has 11 aromatic carbocycles. The summed E-state index contributed by atoms with van der Waals surface area (Å²) >= 11 is 0. The molecule has 306 valence electrons. The van der Waals surface area contributed by atoms with Crippen LogP contribution < -0.4 is 0 Å². The predicted octanol–water partition coefficient (Wildman–Crippen LogP) is 16.3. The lowest BCUT2D eigenvalue weighted by atomic mass is 10.0. The molecule has 0 unspecified atom stereocenters. The normalized spacial score (nSPS) is 11.9. The smallest absolute Gasteiger partial charge is 0.160 e. The van der Waals surface area contributed by atoms with Crippen LogP contribution in [0.25, 0.3) is 132 Å². The molecule has 0 saturated heterocycles. The minimum Gasteiger partial charge on any atom is -0.309 e. The summed E-state index contributed by atoms with van der Waals surface area (Å²) in [6.45, 7) is 0. The number of hydrogen-bond acceptors (Lipinski definition) is 2. The topological polar surface area (TPSA) is 35.6 Å². The Labute approximate surface area is 379 Å². The standard InChI is InChI=1S/C62H38N4/c1-2-13-39(14-3-1)40-25-27-42(28-26-40)62-63-54-21-10-8-20-52(54)60(64-62)47-30-29-46-36-48(33-31-45(46)35-47)65-56-23-12-24-57(59(56)53-37-43-16-4-5-17-44(43)38-58(53)65)66-55-22-11-9-19-50(55)51-34-32-41-15-6-7-18-49(41)61(51)66/h1-38H. The molecule has 0 atom stereocenters. The van der Waals surface area contributed by atoms with Crippen molar-refractivity contribution in [3.8, 4) is 45.1 Å². The molecule has 0 fully saturated rings. The summed E-state index contributed by atoms with van der Waals surface area (Å²) in [5.74, 6) is 0.714. The van der Waals surface area contributed by atoms with Gasteiger partial charge < -0.3 is 9.13 Å². The Morgan fingerprint density at radius 1 is 0.303 bits per heavy atom. The second kappa shape index (κ2) is 14.3. The van der Waals surface area contributed by atoms with E-state index < -0.39 is 0 Å². The Morgan fingerprint density at radius 2 is 0.924 bits per heavy atom. The van der Waals surface area contributed by atoms with Gasteiger partial charge in [-0.25, -0.2) is 9.97 Å². The van der Waals surface area contributed by atoms with E-state index in [1.807, 2.05) is 6.07 Å². The van der Waals surface area contributed by atoms with Crippen molar-refractivity contribution in [2.45, 2.75) is 0 Å². The molecular weight excluding hydrogens is 801 g/mol. The third-order valence-electron chi connectivity index (χ3n) is 13.6. The highest BCUT2D eigenvalue weighted by molar-refractivity contribution is 6.22. The molecule has 0 spiro atoms. The molecular formula is C62H38N4. The first-order valence-corrected chi connectivity index (χ1v) is 22.6. The number of hydrogen-bond donors (Lipinski definition) is 0. The van der Waals surface area contributed by atoms with Crippen molar-refractivity contribution >= 4 is 86.8 Å². The number of para-hydroxylation sites is 2. The molecule has 4 heteroatoms. The maximum absolute atomic E-state index is 5.27. The first-order chi connectivity index (χ1) is 32.7.